The third kappa shape index (κ3) is 4.25. The summed E-state index contributed by atoms with van der Waals surface area (Å²) >= 11 is 0. The van der Waals surface area contributed by atoms with Crippen LogP contribution < -0.4 is 10.9 Å². The van der Waals surface area contributed by atoms with E-state index in [1.807, 2.05) is 42.5 Å². The molecule has 35 heavy (non-hydrogen) atoms. The second kappa shape index (κ2) is 9.67. The summed E-state index contributed by atoms with van der Waals surface area (Å²) in [7, 11) is 0. The Hall–Kier alpha value is -3.44. The third-order valence-electron chi connectivity index (χ3n) is 7.27. The molecule has 0 amide bonds. The molecular weight excluding hydrogens is 434 g/mol. The molecule has 0 saturated carbocycles. The molecule has 0 aliphatic heterocycles. The van der Waals surface area contributed by atoms with Gasteiger partial charge in [-0.05, 0) is 74.8 Å². The van der Waals surface area contributed by atoms with Crippen LogP contribution in [-0.2, 0) is 0 Å². The molecule has 2 aromatic heterocycles. The van der Waals surface area contributed by atoms with Gasteiger partial charge in [-0.15, -0.1) is 0 Å². The first-order chi connectivity index (χ1) is 17.0. The molecule has 3 aromatic carbocycles. The summed E-state index contributed by atoms with van der Waals surface area (Å²) in [5.41, 5.74) is 4.11. The van der Waals surface area contributed by atoms with E-state index in [1.165, 1.54) is 31.2 Å². The summed E-state index contributed by atoms with van der Waals surface area (Å²) < 4.78 is 0. The molecule has 5 rings (SSSR count). The first kappa shape index (κ1) is 23.3. The summed E-state index contributed by atoms with van der Waals surface area (Å²) in [4.78, 5) is 36.0. The number of nitrogens with one attached hydrogen (secondary N) is 2. The number of aromatic nitrogens is 2. The molecule has 0 radical (unpaired) electrons. The Morgan fingerprint density at radius 1 is 0.686 bits per heavy atom. The lowest BCUT2D eigenvalue weighted by atomic mass is 10.0. The van der Waals surface area contributed by atoms with E-state index in [0.717, 1.165) is 24.1 Å². The zero-order chi connectivity index (χ0) is 24.5. The normalized spacial score (nSPS) is 12.9. The number of fused-ring (bicyclic) bond motifs is 4. The van der Waals surface area contributed by atoms with Crippen LogP contribution in [0.2, 0.25) is 0 Å². The van der Waals surface area contributed by atoms with Crippen LogP contribution >= 0.6 is 0 Å². The van der Waals surface area contributed by atoms with E-state index in [1.54, 1.807) is 0 Å². The number of para-hydroxylation sites is 1. The summed E-state index contributed by atoms with van der Waals surface area (Å²) in [5, 5.41) is 2.49. The molecule has 180 valence electrons. The van der Waals surface area contributed by atoms with Gasteiger partial charge in [0.25, 0.3) is 0 Å². The molecule has 0 aliphatic carbocycles. The van der Waals surface area contributed by atoms with Gasteiger partial charge in [0.2, 0.25) is 0 Å². The van der Waals surface area contributed by atoms with Crippen molar-refractivity contribution < 1.29 is 0 Å². The van der Waals surface area contributed by atoms with Gasteiger partial charge in [0.15, 0.2) is 10.9 Å². The Balaban J connectivity index is 1.64. The Morgan fingerprint density at radius 3 is 1.86 bits per heavy atom. The molecule has 0 aliphatic rings. The van der Waals surface area contributed by atoms with Gasteiger partial charge in [-0.25, -0.2) is 0 Å². The van der Waals surface area contributed by atoms with Crippen molar-refractivity contribution in [2.75, 3.05) is 13.1 Å². The predicted molar refractivity (Wildman–Crippen MR) is 148 cm³/mol. The van der Waals surface area contributed by atoms with Crippen molar-refractivity contribution in [1.82, 2.24) is 14.9 Å². The molecule has 0 saturated heterocycles. The van der Waals surface area contributed by atoms with Crippen molar-refractivity contribution in [2.45, 2.75) is 52.5 Å². The Kier molecular flexibility index (Phi) is 6.44. The lowest BCUT2D eigenvalue weighted by molar-refractivity contribution is 0.204. The molecule has 1 unspecified atom stereocenters. The zero-order valence-electron chi connectivity index (χ0n) is 20.8. The second-order valence-corrected chi connectivity index (χ2v) is 9.62. The summed E-state index contributed by atoms with van der Waals surface area (Å²) in [6, 6.07) is 17.5. The molecule has 0 fully saturated rings. The van der Waals surface area contributed by atoms with E-state index in [2.05, 4.69) is 47.8 Å². The summed E-state index contributed by atoms with van der Waals surface area (Å²) in [6.45, 7) is 8.86. The quantitative estimate of drug-likeness (QED) is 0.251. The highest BCUT2D eigenvalue weighted by molar-refractivity contribution is 6.02. The van der Waals surface area contributed by atoms with Crippen LogP contribution in [0.15, 0.2) is 64.2 Å². The number of benzene rings is 3. The molecule has 0 spiro atoms. The lowest BCUT2D eigenvalue weighted by Gasteiger charge is -2.29. The number of nitrogens with zero attached hydrogens (tertiary/aromatic N) is 1. The smallest absolute Gasteiger partial charge is 0.197 e. The predicted octanol–water partition coefficient (Wildman–Crippen LogP) is 6.64. The van der Waals surface area contributed by atoms with E-state index < -0.39 is 0 Å². The maximum Gasteiger partial charge on any atom is 0.197 e. The van der Waals surface area contributed by atoms with Crippen molar-refractivity contribution in [1.29, 1.82) is 0 Å². The van der Waals surface area contributed by atoms with Crippen LogP contribution in [0.5, 0.6) is 0 Å². The SMILES string of the molecule is CCCCN(CCCC)C(C)c1ccc2c(=O)c3cc4[nH]c5ccccc5c(=O)c4cc3[nH]c2c1. The maximum absolute atomic E-state index is 13.5. The van der Waals surface area contributed by atoms with E-state index in [0.29, 0.717) is 32.6 Å². The van der Waals surface area contributed by atoms with Gasteiger partial charge in [-0.1, -0.05) is 44.9 Å². The van der Waals surface area contributed by atoms with Crippen LogP contribution in [0.25, 0.3) is 43.6 Å². The fourth-order valence-electron chi connectivity index (χ4n) is 5.11. The van der Waals surface area contributed by atoms with Crippen molar-refractivity contribution in [3.63, 3.8) is 0 Å². The van der Waals surface area contributed by atoms with Crippen molar-refractivity contribution >= 4 is 43.6 Å². The minimum Gasteiger partial charge on any atom is -0.354 e. The van der Waals surface area contributed by atoms with E-state index in [9.17, 15) is 9.59 Å². The largest absolute Gasteiger partial charge is 0.354 e. The van der Waals surface area contributed by atoms with E-state index in [4.69, 9.17) is 0 Å². The van der Waals surface area contributed by atoms with Gasteiger partial charge in [0.05, 0.1) is 16.6 Å². The van der Waals surface area contributed by atoms with E-state index in [-0.39, 0.29) is 16.9 Å². The highest BCUT2D eigenvalue weighted by Gasteiger charge is 2.17. The number of unbranched alkanes of at least 4 members (excludes halogenated alkanes) is 2. The van der Waals surface area contributed by atoms with Crippen molar-refractivity contribution in [2.24, 2.45) is 0 Å². The average molecular weight is 468 g/mol. The number of rotatable bonds is 8. The number of hydrogen-bond acceptors (Lipinski definition) is 3. The molecule has 5 aromatic rings. The van der Waals surface area contributed by atoms with Gasteiger partial charge in [0.1, 0.15) is 0 Å². The minimum absolute atomic E-state index is 0.0160. The first-order valence-electron chi connectivity index (χ1n) is 12.8. The zero-order valence-corrected chi connectivity index (χ0v) is 20.8. The molecule has 5 heteroatoms. The molecular formula is C30H33N3O2. The van der Waals surface area contributed by atoms with Gasteiger partial charge in [0, 0.05) is 33.1 Å². The maximum atomic E-state index is 13.5. The van der Waals surface area contributed by atoms with Crippen molar-refractivity contribution in [3.8, 4) is 0 Å². The van der Waals surface area contributed by atoms with Gasteiger partial charge in [-0.3, -0.25) is 14.5 Å². The van der Waals surface area contributed by atoms with E-state index >= 15 is 0 Å². The van der Waals surface area contributed by atoms with Crippen LogP contribution in [0.1, 0.15) is 58.1 Å². The van der Waals surface area contributed by atoms with Crippen molar-refractivity contribution in [3.05, 3.63) is 80.6 Å². The first-order valence-corrected chi connectivity index (χ1v) is 12.8. The van der Waals surface area contributed by atoms with Crippen LogP contribution in [0, 0.1) is 0 Å². The number of H-pyrrole nitrogens is 2. The van der Waals surface area contributed by atoms with Crippen LogP contribution in [-0.4, -0.2) is 28.0 Å². The third-order valence-corrected chi connectivity index (χ3v) is 7.27. The second-order valence-electron chi connectivity index (χ2n) is 9.62. The Morgan fingerprint density at radius 2 is 1.23 bits per heavy atom. The molecule has 1 atom stereocenters. The number of aromatic amines is 2. The average Bonchev–Trinajstić information content (AvgIpc) is 2.88. The minimum atomic E-state index is -0.0259. The van der Waals surface area contributed by atoms with Gasteiger partial charge < -0.3 is 9.97 Å². The molecule has 0 bridgehead atoms. The fraction of sp³-hybridized carbons (Fsp3) is 0.333. The fourth-order valence-corrected chi connectivity index (χ4v) is 5.11. The Bertz CT molecular complexity index is 1640. The summed E-state index contributed by atoms with van der Waals surface area (Å²) in [5.74, 6) is 0. The monoisotopic (exact) mass is 467 g/mol. The summed E-state index contributed by atoms with van der Waals surface area (Å²) in [6.07, 6.45) is 4.71. The molecule has 2 N–H and O–H groups in total. The lowest BCUT2D eigenvalue weighted by Crippen LogP contribution is -2.29. The number of pyridine rings is 2. The van der Waals surface area contributed by atoms with Crippen LogP contribution in [0.3, 0.4) is 0 Å². The molecule has 5 nitrogen and oxygen atoms in total. The van der Waals surface area contributed by atoms with Gasteiger partial charge >= 0.3 is 0 Å². The standard InChI is InChI=1S/C30H33N3O2/c1-4-6-14-33(15-7-5-2)19(3)20-12-13-22-26(16-20)32-28-18-23-27(17-24(28)30(22)35)31-25-11-9-8-10-21(25)29(23)34/h8-13,16-19H,4-7,14-15H2,1-3H3,(H,31,34)(H,32,35). The Labute approximate surface area is 204 Å². The highest BCUT2D eigenvalue weighted by atomic mass is 16.1. The van der Waals surface area contributed by atoms with Gasteiger partial charge in [-0.2, -0.15) is 0 Å². The van der Waals surface area contributed by atoms with Crippen LogP contribution in [0.4, 0.5) is 0 Å². The highest BCUT2D eigenvalue weighted by Crippen LogP contribution is 2.26. The molecule has 2 heterocycles. The number of hydrogen-bond donors (Lipinski definition) is 2. The topological polar surface area (TPSA) is 69.0 Å².